The van der Waals surface area contributed by atoms with E-state index in [0.717, 1.165) is 57.8 Å². The van der Waals surface area contributed by atoms with Crippen LogP contribution in [0.2, 0.25) is 0 Å². The molecule has 2 N–H and O–H groups in total. The standard InChI is InChI=1S/C41H69O8P/c1-3-5-7-9-11-13-15-17-19-20-22-23-25-27-29-31-33-35-40(42)47-37-39(38-48-50(44,45)46)49-41(43)36-34-32-30-28-26-24-21-18-16-14-12-10-8-6-4-2/h12,14,17-19,21-23,26-29,39H,3-11,13,15-16,20,24-25,30-38H2,1-2H3,(H2,44,45,46)/b14-12+,19-17+,21-18+,23-22+,28-26+,29-27+/t39-/m1/s1. The van der Waals surface area contributed by atoms with Crippen LogP contribution in [0.5, 0.6) is 0 Å². The summed E-state index contributed by atoms with van der Waals surface area (Å²) in [6, 6.07) is 0. The third-order valence-corrected chi connectivity index (χ3v) is 8.18. The summed E-state index contributed by atoms with van der Waals surface area (Å²) >= 11 is 0. The summed E-state index contributed by atoms with van der Waals surface area (Å²) < 4.78 is 26.2. The zero-order valence-electron chi connectivity index (χ0n) is 31.3. The van der Waals surface area contributed by atoms with Gasteiger partial charge in [0.15, 0.2) is 6.10 Å². The fourth-order valence-electron chi connectivity index (χ4n) is 4.81. The minimum Gasteiger partial charge on any atom is -0.462 e. The number of carbonyl (C=O) groups is 2. The largest absolute Gasteiger partial charge is 0.469 e. The van der Waals surface area contributed by atoms with E-state index in [1.807, 2.05) is 6.08 Å². The minimum atomic E-state index is -4.78. The van der Waals surface area contributed by atoms with Crippen molar-refractivity contribution in [2.75, 3.05) is 13.2 Å². The van der Waals surface area contributed by atoms with Crippen molar-refractivity contribution in [2.24, 2.45) is 0 Å². The van der Waals surface area contributed by atoms with Crippen molar-refractivity contribution in [1.82, 2.24) is 0 Å². The smallest absolute Gasteiger partial charge is 0.462 e. The predicted molar refractivity (Wildman–Crippen MR) is 207 cm³/mol. The van der Waals surface area contributed by atoms with Gasteiger partial charge in [0.2, 0.25) is 0 Å². The monoisotopic (exact) mass is 720 g/mol. The maximum absolute atomic E-state index is 12.3. The number of phosphoric acid groups is 1. The summed E-state index contributed by atoms with van der Waals surface area (Å²) in [6.07, 6.45) is 46.3. The first kappa shape index (κ1) is 47.5. The molecule has 50 heavy (non-hydrogen) atoms. The number of rotatable bonds is 34. The maximum atomic E-state index is 12.3. The summed E-state index contributed by atoms with van der Waals surface area (Å²) in [7, 11) is -4.78. The molecule has 0 aromatic carbocycles. The molecule has 0 fully saturated rings. The zero-order valence-corrected chi connectivity index (χ0v) is 32.2. The van der Waals surface area contributed by atoms with Gasteiger partial charge in [-0.3, -0.25) is 14.1 Å². The van der Waals surface area contributed by atoms with Crippen LogP contribution in [0, 0.1) is 0 Å². The topological polar surface area (TPSA) is 119 Å². The third-order valence-electron chi connectivity index (χ3n) is 7.70. The Hall–Kier alpha value is -2.51. The molecule has 0 radical (unpaired) electrons. The Kier molecular flexibility index (Phi) is 34.5. The summed E-state index contributed by atoms with van der Waals surface area (Å²) in [5.41, 5.74) is 0. The lowest BCUT2D eigenvalue weighted by atomic mass is 10.1. The molecule has 0 rings (SSSR count). The number of hydrogen-bond acceptors (Lipinski definition) is 6. The molecule has 0 amide bonds. The Morgan fingerprint density at radius 1 is 0.520 bits per heavy atom. The van der Waals surface area contributed by atoms with E-state index in [9.17, 15) is 14.2 Å². The predicted octanol–water partition coefficient (Wildman–Crippen LogP) is 11.5. The molecule has 0 saturated heterocycles. The van der Waals surface area contributed by atoms with Gasteiger partial charge in [-0.05, 0) is 83.5 Å². The Labute approximate surface area is 304 Å². The van der Waals surface area contributed by atoms with Gasteiger partial charge in [-0.1, -0.05) is 132 Å². The number of phosphoric ester groups is 1. The van der Waals surface area contributed by atoms with E-state index in [0.29, 0.717) is 12.8 Å². The van der Waals surface area contributed by atoms with Gasteiger partial charge in [0.05, 0.1) is 6.61 Å². The van der Waals surface area contributed by atoms with Gasteiger partial charge in [-0.2, -0.15) is 0 Å². The Balaban J connectivity index is 4.14. The summed E-state index contributed by atoms with van der Waals surface area (Å²) in [5, 5.41) is 0. The van der Waals surface area contributed by atoms with E-state index in [1.54, 1.807) is 0 Å². The second-order valence-electron chi connectivity index (χ2n) is 12.5. The van der Waals surface area contributed by atoms with Crippen LogP contribution in [0.1, 0.15) is 155 Å². The Morgan fingerprint density at radius 3 is 1.44 bits per heavy atom. The van der Waals surface area contributed by atoms with Gasteiger partial charge in [0.1, 0.15) is 6.61 Å². The van der Waals surface area contributed by atoms with Gasteiger partial charge >= 0.3 is 19.8 Å². The molecule has 9 heteroatoms. The lowest BCUT2D eigenvalue weighted by Crippen LogP contribution is -2.29. The highest BCUT2D eigenvalue weighted by molar-refractivity contribution is 7.46. The highest BCUT2D eigenvalue weighted by atomic mass is 31.2. The van der Waals surface area contributed by atoms with Crippen molar-refractivity contribution in [3.05, 3.63) is 72.9 Å². The molecular formula is C41H69O8P. The molecule has 286 valence electrons. The van der Waals surface area contributed by atoms with Crippen molar-refractivity contribution in [1.29, 1.82) is 0 Å². The zero-order chi connectivity index (χ0) is 36.8. The number of hydrogen-bond donors (Lipinski definition) is 2. The summed E-state index contributed by atoms with van der Waals surface area (Å²) in [4.78, 5) is 42.7. The first-order chi connectivity index (χ1) is 24.3. The number of ether oxygens (including phenoxy) is 2. The maximum Gasteiger partial charge on any atom is 0.469 e. The lowest BCUT2D eigenvalue weighted by Gasteiger charge is -2.18. The van der Waals surface area contributed by atoms with E-state index in [4.69, 9.17) is 19.3 Å². The van der Waals surface area contributed by atoms with Crippen LogP contribution in [0.4, 0.5) is 0 Å². The summed E-state index contributed by atoms with van der Waals surface area (Å²) in [5.74, 6) is -0.998. The fraction of sp³-hybridized carbons (Fsp3) is 0.659. The molecule has 0 aliphatic rings. The molecule has 0 aromatic rings. The molecule has 0 unspecified atom stereocenters. The van der Waals surface area contributed by atoms with E-state index in [1.165, 1.54) is 57.8 Å². The van der Waals surface area contributed by atoms with E-state index >= 15 is 0 Å². The lowest BCUT2D eigenvalue weighted by molar-refractivity contribution is -0.161. The molecule has 1 atom stereocenters. The van der Waals surface area contributed by atoms with E-state index < -0.39 is 32.5 Å². The van der Waals surface area contributed by atoms with Crippen molar-refractivity contribution in [3.8, 4) is 0 Å². The van der Waals surface area contributed by atoms with Crippen molar-refractivity contribution < 1.29 is 37.9 Å². The van der Waals surface area contributed by atoms with Crippen molar-refractivity contribution >= 4 is 19.8 Å². The third kappa shape index (κ3) is 38.3. The van der Waals surface area contributed by atoms with Crippen LogP contribution in [-0.4, -0.2) is 41.0 Å². The highest BCUT2D eigenvalue weighted by Crippen LogP contribution is 2.35. The molecule has 8 nitrogen and oxygen atoms in total. The molecule has 0 aliphatic carbocycles. The van der Waals surface area contributed by atoms with Gasteiger partial charge in [0.25, 0.3) is 0 Å². The van der Waals surface area contributed by atoms with E-state index in [2.05, 4.69) is 85.2 Å². The van der Waals surface area contributed by atoms with Crippen LogP contribution in [-0.2, 0) is 28.2 Å². The summed E-state index contributed by atoms with van der Waals surface area (Å²) in [6.45, 7) is 3.55. The number of esters is 2. The van der Waals surface area contributed by atoms with Crippen LogP contribution in [0.15, 0.2) is 72.9 Å². The van der Waals surface area contributed by atoms with Crippen LogP contribution >= 0.6 is 7.82 Å². The normalized spacial score (nSPS) is 13.3. The second-order valence-corrected chi connectivity index (χ2v) is 13.8. The SMILES string of the molecule is CCCCC/C=C/C/C=C/C/C=C/CCCCC(=O)O[C@H](COC(=O)CCC/C=C/C/C=C/C/C=C/CCCCCCCC)COP(=O)(O)O. The van der Waals surface area contributed by atoms with Crippen LogP contribution < -0.4 is 0 Å². The minimum absolute atomic E-state index is 0.149. The van der Waals surface area contributed by atoms with Gasteiger partial charge in [-0.15, -0.1) is 0 Å². The molecule has 0 spiro atoms. The van der Waals surface area contributed by atoms with Gasteiger partial charge in [-0.25, -0.2) is 4.57 Å². The number of carbonyl (C=O) groups excluding carboxylic acids is 2. The second kappa shape index (κ2) is 36.3. The van der Waals surface area contributed by atoms with Crippen LogP contribution in [0.3, 0.4) is 0 Å². The number of unbranched alkanes of at least 4 members (excludes halogenated alkanes) is 12. The molecule has 0 aliphatic heterocycles. The molecule has 0 aromatic heterocycles. The van der Waals surface area contributed by atoms with Gasteiger partial charge < -0.3 is 19.3 Å². The Bertz CT molecular complexity index is 1040. The Morgan fingerprint density at radius 2 is 0.920 bits per heavy atom. The van der Waals surface area contributed by atoms with Crippen LogP contribution in [0.25, 0.3) is 0 Å². The first-order valence-electron chi connectivity index (χ1n) is 19.2. The van der Waals surface area contributed by atoms with Crippen molar-refractivity contribution in [3.63, 3.8) is 0 Å². The van der Waals surface area contributed by atoms with Gasteiger partial charge in [0, 0.05) is 12.8 Å². The number of allylic oxidation sites excluding steroid dienone is 12. The van der Waals surface area contributed by atoms with Crippen molar-refractivity contribution in [2.45, 2.75) is 161 Å². The average molecular weight is 721 g/mol. The van der Waals surface area contributed by atoms with E-state index in [-0.39, 0.29) is 19.4 Å². The molecular weight excluding hydrogens is 651 g/mol. The fourth-order valence-corrected chi connectivity index (χ4v) is 5.17. The molecule has 0 heterocycles. The molecule has 0 bridgehead atoms. The molecule has 0 saturated carbocycles. The average Bonchev–Trinajstić information content (AvgIpc) is 3.08. The quantitative estimate of drug-likeness (QED) is 0.0292. The first-order valence-corrected chi connectivity index (χ1v) is 20.8. The highest BCUT2D eigenvalue weighted by Gasteiger charge is 2.22.